The summed E-state index contributed by atoms with van der Waals surface area (Å²) < 4.78 is 11.6. The van der Waals surface area contributed by atoms with Gasteiger partial charge in [-0.2, -0.15) is 0 Å². The van der Waals surface area contributed by atoms with Crippen LogP contribution in [0.15, 0.2) is 0 Å². The van der Waals surface area contributed by atoms with Crippen LogP contribution in [0.25, 0.3) is 0 Å². The van der Waals surface area contributed by atoms with Crippen molar-refractivity contribution in [1.82, 2.24) is 5.32 Å². The molecule has 0 amide bonds. The minimum atomic E-state index is 0.122. The molecule has 1 saturated carbocycles. The molecule has 0 aromatic heterocycles. The van der Waals surface area contributed by atoms with Gasteiger partial charge in [-0.15, -0.1) is 0 Å². The first-order chi connectivity index (χ1) is 9.10. The fourth-order valence-corrected chi connectivity index (χ4v) is 4.18. The summed E-state index contributed by atoms with van der Waals surface area (Å²) in [5, 5.41) is 3.96. The van der Waals surface area contributed by atoms with E-state index < -0.39 is 0 Å². The molecule has 110 valence electrons. The maximum atomic E-state index is 6.13. The van der Waals surface area contributed by atoms with Gasteiger partial charge in [0.2, 0.25) is 0 Å². The zero-order valence-electron chi connectivity index (χ0n) is 12.5. The van der Waals surface area contributed by atoms with E-state index in [1.807, 2.05) is 0 Å². The van der Waals surface area contributed by atoms with Crippen molar-refractivity contribution in [3.8, 4) is 0 Å². The lowest BCUT2D eigenvalue weighted by atomic mass is 9.82. The molecule has 1 spiro atoms. The fraction of sp³-hybridized carbons (Fsp3) is 1.00. The van der Waals surface area contributed by atoms with Crippen LogP contribution in [-0.2, 0) is 9.47 Å². The third-order valence-corrected chi connectivity index (χ3v) is 5.59. The summed E-state index contributed by atoms with van der Waals surface area (Å²) in [5.41, 5.74) is 0.595. The van der Waals surface area contributed by atoms with Crippen LogP contribution < -0.4 is 5.32 Å². The van der Waals surface area contributed by atoms with E-state index in [0.29, 0.717) is 17.5 Å². The predicted molar refractivity (Wildman–Crippen MR) is 76.3 cm³/mol. The van der Waals surface area contributed by atoms with Crippen molar-refractivity contribution in [3.63, 3.8) is 0 Å². The number of nitrogens with one attached hydrogen (secondary N) is 1. The highest BCUT2D eigenvalue weighted by molar-refractivity contribution is 4.96. The lowest BCUT2D eigenvalue weighted by Crippen LogP contribution is -2.53. The minimum Gasteiger partial charge on any atom is -0.381 e. The van der Waals surface area contributed by atoms with Gasteiger partial charge in [0, 0.05) is 31.9 Å². The summed E-state index contributed by atoms with van der Waals surface area (Å²) in [7, 11) is 0. The average Bonchev–Trinajstić information content (AvgIpc) is 2.70. The smallest absolute Gasteiger partial charge is 0.0741 e. The number of ether oxygens (including phenoxy) is 2. The van der Waals surface area contributed by atoms with Crippen molar-refractivity contribution in [2.45, 2.75) is 76.5 Å². The molecule has 2 aliphatic heterocycles. The number of rotatable bonds is 2. The fourth-order valence-electron chi connectivity index (χ4n) is 4.18. The number of hydrogen-bond acceptors (Lipinski definition) is 3. The normalized spacial score (nSPS) is 37.6. The summed E-state index contributed by atoms with van der Waals surface area (Å²) in [6.45, 7) is 7.51. The first-order valence-corrected chi connectivity index (χ1v) is 8.08. The molecule has 2 heterocycles. The van der Waals surface area contributed by atoms with Gasteiger partial charge in [-0.05, 0) is 43.9 Å². The van der Waals surface area contributed by atoms with E-state index in [1.54, 1.807) is 0 Å². The molecule has 0 aromatic rings. The van der Waals surface area contributed by atoms with Crippen LogP contribution in [0.3, 0.4) is 0 Å². The molecule has 1 N–H and O–H groups in total. The molecule has 3 heteroatoms. The highest BCUT2D eigenvalue weighted by Crippen LogP contribution is 2.39. The monoisotopic (exact) mass is 267 g/mol. The third-order valence-electron chi connectivity index (χ3n) is 5.59. The molecule has 2 saturated heterocycles. The van der Waals surface area contributed by atoms with Crippen molar-refractivity contribution in [2.75, 3.05) is 19.8 Å². The maximum Gasteiger partial charge on any atom is 0.0741 e. The Hall–Kier alpha value is -0.120. The van der Waals surface area contributed by atoms with Crippen LogP contribution in [0.5, 0.6) is 0 Å². The maximum absolute atomic E-state index is 6.13. The van der Waals surface area contributed by atoms with E-state index in [4.69, 9.17) is 9.47 Å². The molecule has 1 aliphatic carbocycles. The number of hydrogen-bond donors (Lipinski definition) is 1. The highest BCUT2D eigenvalue weighted by atomic mass is 16.5. The molecule has 19 heavy (non-hydrogen) atoms. The Morgan fingerprint density at radius 2 is 1.79 bits per heavy atom. The van der Waals surface area contributed by atoms with Crippen LogP contribution in [0.4, 0.5) is 0 Å². The van der Waals surface area contributed by atoms with Gasteiger partial charge >= 0.3 is 0 Å². The Kier molecular flexibility index (Phi) is 3.89. The summed E-state index contributed by atoms with van der Waals surface area (Å²) in [4.78, 5) is 0. The lowest BCUT2D eigenvalue weighted by molar-refractivity contribution is -0.141. The van der Waals surface area contributed by atoms with Gasteiger partial charge in [-0.25, -0.2) is 0 Å². The van der Waals surface area contributed by atoms with Gasteiger partial charge < -0.3 is 14.8 Å². The van der Waals surface area contributed by atoms with Crippen LogP contribution in [-0.4, -0.2) is 37.5 Å². The molecule has 3 aliphatic rings. The minimum absolute atomic E-state index is 0.122. The lowest BCUT2D eigenvalue weighted by Gasteiger charge is -2.45. The first-order valence-electron chi connectivity index (χ1n) is 8.08. The molecule has 0 bridgehead atoms. The second-order valence-electron chi connectivity index (χ2n) is 7.43. The summed E-state index contributed by atoms with van der Waals surface area (Å²) in [6, 6.07) is 1.35. The highest BCUT2D eigenvalue weighted by Gasteiger charge is 2.41. The van der Waals surface area contributed by atoms with E-state index in [-0.39, 0.29) is 5.60 Å². The standard InChI is InChI=1S/C16H29NO2/c1-15(2)6-3-4-14(15)17-13-5-9-19-16(12-13)7-10-18-11-8-16/h13-14,17H,3-12H2,1-2H3. The van der Waals surface area contributed by atoms with Crippen LogP contribution in [0.2, 0.25) is 0 Å². The van der Waals surface area contributed by atoms with Crippen molar-refractivity contribution in [2.24, 2.45) is 5.41 Å². The molecule has 3 fully saturated rings. The zero-order valence-corrected chi connectivity index (χ0v) is 12.5. The zero-order chi connectivity index (χ0) is 13.3. The van der Waals surface area contributed by atoms with Crippen LogP contribution in [0, 0.1) is 5.41 Å². The van der Waals surface area contributed by atoms with Crippen molar-refractivity contribution < 1.29 is 9.47 Å². The van der Waals surface area contributed by atoms with E-state index in [0.717, 1.165) is 32.7 Å². The van der Waals surface area contributed by atoms with Gasteiger partial charge in [0.25, 0.3) is 0 Å². The Morgan fingerprint density at radius 1 is 1.00 bits per heavy atom. The van der Waals surface area contributed by atoms with E-state index in [1.165, 1.54) is 32.1 Å². The Morgan fingerprint density at radius 3 is 2.47 bits per heavy atom. The summed E-state index contributed by atoms with van der Waals surface area (Å²) in [6.07, 6.45) is 8.62. The van der Waals surface area contributed by atoms with Crippen molar-refractivity contribution >= 4 is 0 Å². The SMILES string of the molecule is CC1(C)CCCC1NC1CCOC2(CCOCC2)C1. The van der Waals surface area contributed by atoms with E-state index in [2.05, 4.69) is 19.2 Å². The third kappa shape index (κ3) is 2.98. The second kappa shape index (κ2) is 5.34. The van der Waals surface area contributed by atoms with E-state index in [9.17, 15) is 0 Å². The van der Waals surface area contributed by atoms with Crippen molar-refractivity contribution in [1.29, 1.82) is 0 Å². The Labute approximate surface area is 117 Å². The van der Waals surface area contributed by atoms with Gasteiger partial charge in [0.1, 0.15) is 0 Å². The van der Waals surface area contributed by atoms with E-state index >= 15 is 0 Å². The Balaban J connectivity index is 1.59. The molecule has 0 radical (unpaired) electrons. The second-order valence-corrected chi connectivity index (χ2v) is 7.43. The summed E-state index contributed by atoms with van der Waals surface area (Å²) in [5.74, 6) is 0. The first kappa shape index (κ1) is 13.8. The predicted octanol–water partition coefficient (Wildman–Crippen LogP) is 2.88. The van der Waals surface area contributed by atoms with Gasteiger partial charge in [-0.3, -0.25) is 0 Å². The molecule has 2 atom stereocenters. The Bertz CT molecular complexity index is 304. The largest absolute Gasteiger partial charge is 0.381 e. The van der Waals surface area contributed by atoms with Gasteiger partial charge in [0.05, 0.1) is 5.60 Å². The van der Waals surface area contributed by atoms with Crippen molar-refractivity contribution in [3.05, 3.63) is 0 Å². The molecule has 3 rings (SSSR count). The molecular formula is C16H29NO2. The van der Waals surface area contributed by atoms with Gasteiger partial charge in [0.15, 0.2) is 0 Å². The molecule has 2 unspecified atom stereocenters. The topological polar surface area (TPSA) is 30.5 Å². The average molecular weight is 267 g/mol. The summed E-state index contributed by atoms with van der Waals surface area (Å²) >= 11 is 0. The van der Waals surface area contributed by atoms with Crippen LogP contribution in [0.1, 0.15) is 58.8 Å². The van der Waals surface area contributed by atoms with Crippen LogP contribution >= 0.6 is 0 Å². The quantitative estimate of drug-likeness (QED) is 0.834. The molecule has 3 nitrogen and oxygen atoms in total. The van der Waals surface area contributed by atoms with Gasteiger partial charge in [-0.1, -0.05) is 20.3 Å². The molecular weight excluding hydrogens is 238 g/mol. The molecule has 0 aromatic carbocycles.